The van der Waals surface area contributed by atoms with Gasteiger partial charge in [-0.05, 0) is 49.2 Å². The van der Waals surface area contributed by atoms with E-state index in [9.17, 15) is 4.39 Å². The van der Waals surface area contributed by atoms with Crippen molar-refractivity contribution in [3.63, 3.8) is 0 Å². The molecule has 1 atom stereocenters. The molecule has 0 bridgehead atoms. The van der Waals surface area contributed by atoms with E-state index >= 15 is 0 Å². The first kappa shape index (κ1) is 22.9. The fourth-order valence-electron chi connectivity index (χ4n) is 3.67. The van der Waals surface area contributed by atoms with Gasteiger partial charge in [0.1, 0.15) is 23.8 Å². The molecule has 0 saturated heterocycles. The molecule has 1 aromatic carbocycles. The summed E-state index contributed by atoms with van der Waals surface area (Å²) in [5, 5.41) is 8.07. The molecule has 0 aliphatic carbocycles. The summed E-state index contributed by atoms with van der Waals surface area (Å²) in [7, 11) is 0. The SMILES string of the molecule is CCCCC(CC)Nc1cc(Nc2cc(-c3cc(Cl)ccc3F)nc3ncccc23)ncn1. The van der Waals surface area contributed by atoms with E-state index in [0.29, 0.717) is 39.5 Å². The number of nitrogens with one attached hydrogen (secondary N) is 2. The summed E-state index contributed by atoms with van der Waals surface area (Å²) in [4.78, 5) is 17.7. The number of benzene rings is 1. The highest BCUT2D eigenvalue weighted by molar-refractivity contribution is 6.30. The van der Waals surface area contributed by atoms with Crippen LogP contribution < -0.4 is 10.6 Å². The van der Waals surface area contributed by atoms with Crippen molar-refractivity contribution < 1.29 is 4.39 Å². The second-order valence-electron chi connectivity index (χ2n) is 7.86. The van der Waals surface area contributed by atoms with Gasteiger partial charge in [0, 0.05) is 34.3 Å². The highest BCUT2D eigenvalue weighted by atomic mass is 35.5. The van der Waals surface area contributed by atoms with Gasteiger partial charge in [0.15, 0.2) is 5.65 Å². The van der Waals surface area contributed by atoms with Gasteiger partial charge in [-0.25, -0.2) is 24.3 Å². The molecule has 3 heterocycles. The molecule has 33 heavy (non-hydrogen) atoms. The first-order chi connectivity index (χ1) is 16.1. The summed E-state index contributed by atoms with van der Waals surface area (Å²) in [5.74, 6) is 0.971. The van der Waals surface area contributed by atoms with E-state index < -0.39 is 5.82 Å². The molecule has 0 fully saturated rings. The Morgan fingerprint density at radius 2 is 1.88 bits per heavy atom. The predicted molar refractivity (Wildman–Crippen MR) is 132 cm³/mol. The van der Waals surface area contributed by atoms with Crippen molar-refractivity contribution in [2.24, 2.45) is 0 Å². The Balaban J connectivity index is 1.68. The number of aromatic nitrogens is 4. The predicted octanol–water partition coefficient (Wildman–Crippen LogP) is 7.00. The first-order valence-corrected chi connectivity index (χ1v) is 11.5. The van der Waals surface area contributed by atoms with Crippen molar-refractivity contribution in [2.45, 2.75) is 45.6 Å². The maximum absolute atomic E-state index is 14.5. The van der Waals surface area contributed by atoms with E-state index in [0.717, 1.165) is 30.5 Å². The van der Waals surface area contributed by atoms with E-state index in [1.54, 1.807) is 18.3 Å². The number of hydrogen-bond donors (Lipinski definition) is 2. The molecule has 0 aliphatic rings. The molecule has 0 amide bonds. The number of fused-ring (bicyclic) bond motifs is 1. The maximum atomic E-state index is 14.5. The molecular formula is C25H26ClFN6. The highest BCUT2D eigenvalue weighted by Gasteiger charge is 2.14. The van der Waals surface area contributed by atoms with Crippen molar-refractivity contribution in [3.05, 3.63) is 65.8 Å². The number of anilines is 3. The van der Waals surface area contributed by atoms with Gasteiger partial charge in [-0.1, -0.05) is 38.3 Å². The topological polar surface area (TPSA) is 75.6 Å². The Morgan fingerprint density at radius 1 is 1.03 bits per heavy atom. The van der Waals surface area contributed by atoms with E-state index in [4.69, 9.17) is 11.6 Å². The fourth-order valence-corrected chi connectivity index (χ4v) is 3.85. The normalized spacial score (nSPS) is 12.0. The van der Waals surface area contributed by atoms with Crippen LogP contribution in [0.15, 0.2) is 55.0 Å². The Kier molecular flexibility index (Phi) is 7.29. The highest BCUT2D eigenvalue weighted by Crippen LogP contribution is 2.32. The van der Waals surface area contributed by atoms with Gasteiger partial charge in [0.25, 0.3) is 0 Å². The molecule has 0 spiro atoms. The van der Waals surface area contributed by atoms with Crippen molar-refractivity contribution >= 4 is 40.0 Å². The summed E-state index contributed by atoms with van der Waals surface area (Å²) in [6.45, 7) is 4.36. The van der Waals surface area contributed by atoms with Gasteiger partial charge >= 0.3 is 0 Å². The molecule has 4 aromatic rings. The van der Waals surface area contributed by atoms with Gasteiger partial charge in [0.05, 0.1) is 11.4 Å². The van der Waals surface area contributed by atoms with E-state index in [1.807, 2.05) is 18.2 Å². The van der Waals surface area contributed by atoms with Crippen LogP contribution in [0.5, 0.6) is 0 Å². The Bertz CT molecular complexity index is 1250. The number of hydrogen-bond acceptors (Lipinski definition) is 6. The lowest BCUT2D eigenvalue weighted by atomic mass is 10.1. The quantitative estimate of drug-likeness (QED) is 0.277. The van der Waals surface area contributed by atoms with Crippen molar-refractivity contribution in [1.29, 1.82) is 0 Å². The van der Waals surface area contributed by atoms with Crippen LogP contribution >= 0.6 is 11.6 Å². The average molecular weight is 465 g/mol. The lowest BCUT2D eigenvalue weighted by Crippen LogP contribution is -2.19. The molecule has 0 saturated carbocycles. The molecule has 2 N–H and O–H groups in total. The fraction of sp³-hybridized carbons (Fsp3) is 0.280. The van der Waals surface area contributed by atoms with Gasteiger partial charge in [-0.15, -0.1) is 0 Å². The lowest BCUT2D eigenvalue weighted by molar-refractivity contribution is 0.591. The third kappa shape index (κ3) is 5.54. The summed E-state index contributed by atoms with van der Waals surface area (Å²) in [5.41, 5.74) is 1.95. The monoisotopic (exact) mass is 464 g/mol. The van der Waals surface area contributed by atoms with Crippen LogP contribution in [-0.2, 0) is 0 Å². The zero-order valence-electron chi connectivity index (χ0n) is 18.6. The number of rotatable bonds is 9. The molecule has 0 radical (unpaired) electrons. The van der Waals surface area contributed by atoms with Gasteiger partial charge < -0.3 is 10.6 Å². The van der Waals surface area contributed by atoms with Gasteiger partial charge in [-0.3, -0.25) is 0 Å². The summed E-state index contributed by atoms with van der Waals surface area (Å²) in [6, 6.07) is 12.2. The smallest absolute Gasteiger partial charge is 0.161 e. The Hall–Kier alpha value is -3.32. The van der Waals surface area contributed by atoms with E-state index in [1.165, 1.54) is 24.9 Å². The van der Waals surface area contributed by atoms with E-state index in [-0.39, 0.29) is 0 Å². The van der Waals surface area contributed by atoms with Crippen molar-refractivity contribution in [3.8, 4) is 11.3 Å². The van der Waals surface area contributed by atoms with Crippen LogP contribution in [0, 0.1) is 5.82 Å². The number of halogens is 2. The lowest BCUT2D eigenvalue weighted by Gasteiger charge is -2.18. The average Bonchev–Trinajstić information content (AvgIpc) is 2.83. The standard InChI is InChI=1S/C25H26ClFN6/c1-3-5-7-17(4-2)31-23-14-24(30-15-29-23)32-21-13-22(19-12-16(26)9-10-20(19)27)33-25-18(21)8-6-11-28-25/h6,8-15,17H,3-5,7H2,1-2H3,(H2,28,29,30,31,32,33). The minimum absolute atomic E-state index is 0.310. The molecule has 4 rings (SSSR count). The number of unbranched alkanes of at least 4 members (excludes halogenated alkanes) is 1. The van der Waals surface area contributed by atoms with E-state index in [2.05, 4.69) is 44.4 Å². The molecule has 8 heteroatoms. The zero-order valence-corrected chi connectivity index (χ0v) is 19.4. The summed E-state index contributed by atoms with van der Waals surface area (Å²) >= 11 is 6.11. The van der Waals surface area contributed by atoms with Gasteiger partial charge in [-0.2, -0.15) is 0 Å². The number of nitrogens with zero attached hydrogens (tertiary/aromatic N) is 4. The second-order valence-corrected chi connectivity index (χ2v) is 8.30. The minimum Gasteiger partial charge on any atom is -0.367 e. The van der Waals surface area contributed by atoms with Crippen LogP contribution in [0.1, 0.15) is 39.5 Å². The van der Waals surface area contributed by atoms with Crippen LogP contribution in [0.2, 0.25) is 5.02 Å². The Morgan fingerprint density at radius 3 is 2.70 bits per heavy atom. The third-order valence-electron chi connectivity index (χ3n) is 5.47. The summed E-state index contributed by atoms with van der Waals surface area (Å²) < 4.78 is 14.5. The molecule has 170 valence electrons. The molecule has 0 aliphatic heterocycles. The van der Waals surface area contributed by atoms with Gasteiger partial charge in [0.2, 0.25) is 0 Å². The van der Waals surface area contributed by atoms with Crippen LogP contribution in [0.4, 0.5) is 21.7 Å². The molecule has 3 aromatic heterocycles. The summed E-state index contributed by atoms with van der Waals surface area (Å²) in [6.07, 6.45) is 7.62. The first-order valence-electron chi connectivity index (χ1n) is 11.1. The number of pyridine rings is 2. The third-order valence-corrected chi connectivity index (χ3v) is 5.70. The minimum atomic E-state index is -0.403. The molecule has 6 nitrogen and oxygen atoms in total. The van der Waals surface area contributed by atoms with Crippen LogP contribution in [0.3, 0.4) is 0 Å². The molecule has 1 unspecified atom stereocenters. The maximum Gasteiger partial charge on any atom is 0.161 e. The van der Waals surface area contributed by atoms with Crippen LogP contribution in [0.25, 0.3) is 22.3 Å². The zero-order chi connectivity index (χ0) is 23.2. The van der Waals surface area contributed by atoms with Crippen molar-refractivity contribution in [2.75, 3.05) is 10.6 Å². The largest absolute Gasteiger partial charge is 0.367 e. The molecular weight excluding hydrogens is 439 g/mol. The Labute approximate surface area is 197 Å². The van der Waals surface area contributed by atoms with Crippen LogP contribution in [-0.4, -0.2) is 26.0 Å². The second kappa shape index (κ2) is 10.5. The van der Waals surface area contributed by atoms with Crippen molar-refractivity contribution in [1.82, 2.24) is 19.9 Å².